The van der Waals surface area contributed by atoms with Crippen molar-refractivity contribution in [2.45, 2.75) is 19.8 Å². The summed E-state index contributed by atoms with van der Waals surface area (Å²) >= 11 is 0. The van der Waals surface area contributed by atoms with Crippen molar-refractivity contribution in [3.05, 3.63) is 0 Å². The monoisotopic (exact) mass is 144 g/mol. The first kappa shape index (κ1) is 8.02. The minimum absolute atomic E-state index is 0.285. The van der Waals surface area contributed by atoms with Crippen LogP contribution in [0.15, 0.2) is 0 Å². The van der Waals surface area contributed by atoms with Crippen LogP contribution in [0.5, 0.6) is 0 Å². The first-order valence-electron chi connectivity index (χ1n) is 3.83. The quantitative estimate of drug-likeness (QED) is 0.584. The van der Waals surface area contributed by atoms with E-state index in [-0.39, 0.29) is 5.41 Å². The molecule has 0 aromatic carbocycles. The van der Waals surface area contributed by atoms with Crippen molar-refractivity contribution < 1.29 is 9.47 Å². The van der Waals surface area contributed by atoms with Crippen LogP contribution < -0.4 is 0 Å². The van der Waals surface area contributed by atoms with Gasteiger partial charge in [0.15, 0.2) is 0 Å². The zero-order valence-electron chi connectivity index (χ0n) is 6.85. The van der Waals surface area contributed by atoms with Crippen LogP contribution in [0.2, 0.25) is 0 Å². The van der Waals surface area contributed by atoms with Crippen molar-refractivity contribution in [2.24, 2.45) is 5.41 Å². The average molecular weight is 144 g/mol. The molecule has 1 aliphatic rings. The van der Waals surface area contributed by atoms with Gasteiger partial charge < -0.3 is 9.47 Å². The average Bonchev–Trinajstić information content (AvgIpc) is 1.89. The fourth-order valence-electron chi connectivity index (χ4n) is 1.45. The lowest BCUT2D eigenvalue weighted by molar-refractivity contribution is -0.0380. The van der Waals surface area contributed by atoms with Crippen molar-refractivity contribution >= 4 is 0 Å². The lowest BCUT2D eigenvalue weighted by Gasteiger charge is -2.32. The summed E-state index contributed by atoms with van der Waals surface area (Å²) in [4.78, 5) is 0. The number of ether oxygens (including phenoxy) is 2. The van der Waals surface area contributed by atoms with Gasteiger partial charge in [0.1, 0.15) is 0 Å². The van der Waals surface area contributed by atoms with Gasteiger partial charge in [-0.05, 0) is 12.8 Å². The lowest BCUT2D eigenvalue weighted by Crippen LogP contribution is -2.32. The lowest BCUT2D eigenvalue weighted by atomic mass is 9.86. The molecule has 1 atom stereocenters. The first-order chi connectivity index (χ1) is 4.77. The number of hydrogen-bond donors (Lipinski definition) is 0. The molecule has 1 rings (SSSR count). The van der Waals surface area contributed by atoms with Crippen LogP contribution in [-0.2, 0) is 9.47 Å². The van der Waals surface area contributed by atoms with Crippen LogP contribution in [0.4, 0.5) is 0 Å². The van der Waals surface area contributed by atoms with Gasteiger partial charge in [-0.2, -0.15) is 0 Å². The van der Waals surface area contributed by atoms with E-state index in [2.05, 4.69) is 6.92 Å². The molecule has 1 heterocycles. The molecule has 60 valence electrons. The summed E-state index contributed by atoms with van der Waals surface area (Å²) in [5.74, 6) is 0. The second kappa shape index (κ2) is 3.35. The van der Waals surface area contributed by atoms with Gasteiger partial charge in [0.25, 0.3) is 0 Å². The Morgan fingerprint density at radius 2 is 2.40 bits per heavy atom. The topological polar surface area (TPSA) is 18.5 Å². The Morgan fingerprint density at radius 1 is 1.60 bits per heavy atom. The van der Waals surface area contributed by atoms with E-state index in [0.29, 0.717) is 0 Å². The molecule has 0 unspecified atom stereocenters. The van der Waals surface area contributed by atoms with Crippen LogP contribution in [0.1, 0.15) is 19.8 Å². The van der Waals surface area contributed by atoms with E-state index in [4.69, 9.17) is 9.47 Å². The highest BCUT2D eigenvalue weighted by molar-refractivity contribution is 4.76. The third-order valence-corrected chi connectivity index (χ3v) is 2.01. The SMILES string of the molecule is COC[C@@]1(C)CCCOC1. The van der Waals surface area contributed by atoms with Crippen molar-refractivity contribution in [2.75, 3.05) is 26.9 Å². The minimum Gasteiger partial charge on any atom is -0.384 e. The summed E-state index contributed by atoms with van der Waals surface area (Å²) in [6, 6.07) is 0. The summed E-state index contributed by atoms with van der Waals surface area (Å²) < 4.78 is 10.5. The van der Waals surface area contributed by atoms with Crippen LogP contribution >= 0.6 is 0 Å². The van der Waals surface area contributed by atoms with Gasteiger partial charge in [0, 0.05) is 19.1 Å². The molecule has 1 saturated heterocycles. The Kier molecular flexibility index (Phi) is 2.69. The van der Waals surface area contributed by atoms with Crippen LogP contribution in [0, 0.1) is 5.41 Å². The molecule has 1 fully saturated rings. The number of rotatable bonds is 2. The first-order valence-corrected chi connectivity index (χ1v) is 3.83. The number of hydrogen-bond acceptors (Lipinski definition) is 2. The normalized spacial score (nSPS) is 34.2. The Hall–Kier alpha value is -0.0800. The van der Waals surface area contributed by atoms with Gasteiger partial charge in [-0.1, -0.05) is 6.92 Å². The van der Waals surface area contributed by atoms with E-state index in [0.717, 1.165) is 19.8 Å². The molecule has 0 aromatic rings. The highest BCUT2D eigenvalue weighted by Gasteiger charge is 2.27. The standard InChI is InChI=1S/C8H16O2/c1-8(6-9-2)4-3-5-10-7-8/h3-7H2,1-2H3/t8-/m1/s1. The highest BCUT2D eigenvalue weighted by atomic mass is 16.5. The van der Waals surface area contributed by atoms with Crippen LogP contribution in [-0.4, -0.2) is 26.9 Å². The van der Waals surface area contributed by atoms with Gasteiger partial charge in [-0.25, -0.2) is 0 Å². The van der Waals surface area contributed by atoms with Gasteiger partial charge in [0.05, 0.1) is 13.2 Å². The van der Waals surface area contributed by atoms with Crippen molar-refractivity contribution in [3.63, 3.8) is 0 Å². The van der Waals surface area contributed by atoms with E-state index in [1.807, 2.05) is 0 Å². The Labute approximate surface area is 62.5 Å². The zero-order valence-corrected chi connectivity index (χ0v) is 6.85. The van der Waals surface area contributed by atoms with Crippen molar-refractivity contribution in [3.8, 4) is 0 Å². The van der Waals surface area contributed by atoms with E-state index in [1.165, 1.54) is 12.8 Å². The maximum absolute atomic E-state index is 5.36. The molecule has 10 heavy (non-hydrogen) atoms. The van der Waals surface area contributed by atoms with E-state index < -0.39 is 0 Å². The molecule has 0 N–H and O–H groups in total. The fraction of sp³-hybridized carbons (Fsp3) is 1.00. The second-order valence-corrected chi connectivity index (χ2v) is 3.40. The van der Waals surface area contributed by atoms with Crippen molar-refractivity contribution in [1.82, 2.24) is 0 Å². The summed E-state index contributed by atoms with van der Waals surface area (Å²) in [6.07, 6.45) is 2.42. The Morgan fingerprint density at radius 3 is 2.90 bits per heavy atom. The molecule has 0 aliphatic carbocycles. The number of methoxy groups -OCH3 is 1. The molecular weight excluding hydrogens is 128 g/mol. The third kappa shape index (κ3) is 1.96. The van der Waals surface area contributed by atoms with Crippen molar-refractivity contribution in [1.29, 1.82) is 0 Å². The Bertz CT molecular complexity index is 89.9. The van der Waals surface area contributed by atoms with E-state index in [1.54, 1.807) is 7.11 Å². The molecular formula is C8H16O2. The molecule has 0 radical (unpaired) electrons. The second-order valence-electron chi connectivity index (χ2n) is 3.40. The predicted molar refractivity (Wildman–Crippen MR) is 40.0 cm³/mol. The maximum atomic E-state index is 5.36. The molecule has 0 amide bonds. The maximum Gasteiger partial charge on any atom is 0.0541 e. The van der Waals surface area contributed by atoms with Gasteiger partial charge in [-0.3, -0.25) is 0 Å². The molecule has 0 aromatic heterocycles. The van der Waals surface area contributed by atoms with Gasteiger partial charge in [0.2, 0.25) is 0 Å². The summed E-state index contributed by atoms with van der Waals surface area (Å²) in [7, 11) is 1.75. The van der Waals surface area contributed by atoms with Gasteiger partial charge in [-0.15, -0.1) is 0 Å². The predicted octanol–water partition coefficient (Wildman–Crippen LogP) is 1.45. The van der Waals surface area contributed by atoms with Gasteiger partial charge >= 0.3 is 0 Å². The molecule has 0 spiro atoms. The molecule has 0 saturated carbocycles. The third-order valence-electron chi connectivity index (χ3n) is 2.01. The zero-order chi connectivity index (χ0) is 7.45. The smallest absolute Gasteiger partial charge is 0.0541 e. The summed E-state index contributed by atoms with van der Waals surface area (Å²) in [6.45, 7) is 4.84. The molecule has 2 nitrogen and oxygen atoms in total. The van der Waals surface area contributed by atoms with Crippen LogP contribution in [0.3, 0.4) is 0 Å². The molecule has 0 bridgehead atoms. The summed E-state index contributed by atoms with van der Waals surface area (Å²) in [5, 5.41) is 0. The minimum atomic E-state index is 0.285. The summed E-state index contributed by atoms with van der Waals surface area (Å²) in [5.41, 5.74) is 0.285. The van der Waals surface area contributed by atoms with E-state index in [9.17, 15) is 0 Å². The highest BCUT2D eigenvalue weighted by Crippen LogP contribution is 2.27. The fourth-order valence-corrected chi connectivity index (χ4v) is 1.45. The largest absolute Gasteiger partial charge is 0.384 e. The Balaban J connectivity index is 2.32. The van der Waals surface area contributed by atoms with Crippen LogP contribution in [0.25, 0.3) is 0 Å². The molecule has 1 aliphatic heterocycles. The van der Waals surface area contributed by atoms with E-state index >= 15 is 0 Å². The molecule has 2 heteroatoms.